The maximum absolute atomic E-state index is 13.1. The Hall–Kier alpha value is -3.13. The van der Waals surface area contributed by atoms with Gasteiger partial charge in [-0.3, -0.25) is 9.69 Å². The third-order valence-electron chi connectivity index (χ3n) is 5.26. The van der Waals surface area contributed by atoms with E-state index in [1.807, 2.05) is 37.3 Å². The van der Waals surface area contributed by atoms with E-state index in [4.69, 9.17) is 33.3 Å². The van der Waals surface area contributed by atoms with Gasteiger partial charge >= 0.3 is 5.97 Å². The summed E-state index contributed by atoms with van der Waals surface area (Å²) in [7, 11) is 1.49. The molecule has 1 fully saturated rings. The summed E-state index contributed by atoms with van der Waals surface area (Å²) in [6.07, 6.45) is 1.75. The van der Waals surface area contributed by atoms with E-state index in [9.17, 15) is 9.59 Å². The first-order valence-electron chi connectivity index (χ1n) is 10.3. The first kappa shape index (κ1) is 24.0. The number of nitrogens with zero attached hydrogens (tertiary/aromatic N) is 1. The third-order valence-corrected chi connectivity index (χ3v) is 6.84. The summed E-state index contributed by atoms with van der Waals surface area (Å²) < 4.78 is 11.4. The van der Waals surface area contributed by atoms with Crippen LogP contribution in [0.4, 0.5) is 0 Å². The number of ether oxygens (including phenoxy) is 2. The van der Waals surface area contributed by atoms with Crippen LogP contribution >= 0.6 is 35.6 Å². The highest BCUT2D eigenvalue weighted by molar-refractivity contribution is 8.26. The Bertz CT molecular complexity index is 1280. The molecule has 1 aliphatic rings. The topological polar surface area (TPSA) is 55.8 Å². The normalized spacial score (nSPS) is 15.5. The molecule has 34 heavy (non-hydrogen) atoms. The fourth-order valence-electron chi connectivity index (χ4n) is 3.45. The lowest BCUT2D eigenvalue weighted by molar-refractivity contribution is -0.123. The van der Waals surface area contributed by atoms with Gasteiger partial charge in [0.15, 0.2) is 11.5 Å². The Labute approximate surface area is 212 Å². The Kier molecular flexibility index (Phi) is 7.36. The average Bonchev–Trinajstić information content (AvgIpc) is 3.12. The number of rotatable bonds is 6. The highest BCUT2D eigenvalue weighted by Crippen LogP contribution is 2.39. The van der Waals surface area contributed by atoms with Crippen molar-refractivity contribution < 1.29 is 19.1 Å². The predicted octanol–water partition coefficient (Wildman–Crippen LogP) is 6.53. The molecule has 3 aromatic rings. The smallest absolute Gasteiger partial charge is 0.343 e. The molecule has 8 heteroatoms. The molecule has 0 radical (unpaired) electrons. The van der Waals surface area contributed by atoms with E-state index < -0.39 is 5.97 Å². The number of amides is 1. The van der Waals surface area contributed by atoms with Gasteiger partial charge in [0.05, 0.1) is 23.6 Å². The quantitative estimate of drug-likeness (QED) is 0.163. The summed E-state index contributed by atoms with van der Waals surface area (Å²) in [6.45, 7) is 1.95. The number of methoxy groups -OCH3 is 1. The SMILES string of the molecule is COc1cc(/C=C2/SC(=S)N([C@H](C)c3ccccc3)C2=O)ccc1OC(=O)c1ccc(Cl)cc1. The second kappa shape index (κ2) is 10.4. The monoisotopic (exact) mass is 509 g/mol. The zero-order valence-electron chi connectivity index (χ0n) is 18.4. The molecular weight excluding hydrogens is 490 g/mol. The van der Waals surface area contributed by atoms with Crippen LogP contribution in [0.1, 0.15) is 34.5 Å². The molecule has 1 atom stereocenters. The predicted molar refractivity (Wildman–Crippen MR) is 139 cm³/mol. The second-order valence-corrected chi connectivity index (χ2v) is 9.56. The maximum atomic E-state index is 13.1. The Morgan fingerprint density at radius 2 is 1.76 bits per heavy atom. The summed E-state index contributed by atoms with van der Waals surface area (Å²) in [5.41, 5.74) is 2.09. The fourth-order valence-corrected chi connectivity index (χ4v) is 4.99. The van der Waals surface area contributed by atoms with Crippen LogP contribution in [0.5, 0.6) is 11.5 Å². The largest absolute Gasteiger partial charge is 0.493 e. The third kappa shape index (κ3) is 5.17. The van der Waals surface area contributed by atoms with Gasteiger partial charge in [0.25, 0.3) is 5.91 Å². The van der Waals surface area contributed by atoms with Crippen molar-refractivity contribution in [1.82, 2.24) is 4.90 Å². The number of hydrogen-bond acceptors (Lipinski definition) is 6. The highest BCUT2D eigenvalue weighted by atomic mass is 35.5. The van der Waals surface area contributed by atoms with Gasteiger partial charge in [0.1, 0.15) is 4.32 Å². The van der Waals surface area contributed by atoms with Crippen LogP contribution in [0, 0.1) is 0 Å². The minimum absolute atomic E-state index is 0.149. The van der Waals surface area contributed by atoms with Crippen molar-refractivity contribution in [1.29, 1.82) is 0 Å². The molecule has 1 aliphatic heterocycles. The van der Waals surface area contributed by atoms with Crippen molar-refractivity contribution in [2.45, 2.75) is 13.0 Å². The zero-order chi connectivity index (χ0) is 24.2. The number of carbonyl (C=O) groups is 2. The van der Waals surface area contributed by atoms with Gasteiger partial charge in [-0.05, 0) is 60.5 Å². The van der Waals surface area contributed by atoms with Gasteiger partial charge in [0, 0.05) is 5.02 Å². The molecule has 1 amide bonds. The molecule has 0 aliphatic carbocycles. The maximum Gasteiger partial charge on any atom is 0.343 e. The molecule has 0 N–H and O–H groups in total. The van der Waals surface area contributed by atoms with E-state index >= 15 is 0 Å². The lowest BCUT2D eigenvalue weighted by Crippen LogP contribution is -2.30. The molecule has 0 aromatic heterocycles. The van der Waals surface area contributed by atoms with Crippen LogP contribution in [0.15, 0.2) is 77.7 Å². The average molecular weight is 510 g/mol. The summed E-state index contributed by atoms with van der Waals surface area (Å²) >= 11 is 12.6. The van der Waals surface area contributed by atoms with Gasteiger partial charge in [-0.2, -0.15) is 0 Å². The Morgan fingerprint density at radius 1 is 1.06 bits per heavy atom. The molecule has 1 saturated heterocycles. The van der Waals surface area contributed by atoms with E-state index in [0.717, 1.165) is 11.1 Å². The van der Waals surface area contributed by atoms with Crippen LogP contribution < -0.4 is 9.47 Å². The van der Waals surface area contributed by atoms with Gasteiger partial charge in [0.2, 0.25) is 0 Å². The van der Waals surface area contributed by atoms with Crippen LogP contribution in [-0.2, 0) is 4.79 Å². The van der Waals surface area contributed by atoms with Crippen molar-refractivity contribution in [3.05, 3.63) is 99.4 Å². The molecule has 0 saturated carbocycles. The molecule has 0 unspecified atom stereocenters. The van der Waals surface area contributed by atoms with Gasteiger partial charge in [-0.15, -0.1) is 0 Å². The van der Waals surface area contributed by atoms with Crippen LogP contribution in [0.2, 0.25) is 5.02 Å². The number of benzene rings is 3. The lowest BCUT2D eigenvalue weighted by Gasteiger charge is -2.23. The van der Waals surface area contributed by atoms with E-state index in [2.05, 4.69) is 0 Å². The Balaban J connectivity index is 1.54. The molecule has 0 bridgehead atoms. The fraction of sp³-hybridized carbons (Fsp3) is 0.115. The number of thioether (sulfide) groups is 1. The van der Waals surface area contributed by atoms with Gasteiger partial charge in [-0.25, -0.2) is 4.79 Å². The minimum atomic E-state index is -0.529. The number of thiocarbonyl (C=S) groups is 1. The summed E-state index contributed by atoms with van der Waals surface area (Å²) in [6, 6.07) is 21.1. The zero-order valence-corrected chi connectivity index (χ0v) is 20.7. The number of halogens is 1. The van der Waals surface area contributed by atoms with Crippen LogP contribution in [-0.4, -0.2) is 28.2 Å². The van der Waals surface area contributed by atoms with Crippen molar-refractivity contribution >= 4 is 57.9 Å². The molecule has 3 aromatic carbocycles. The van der Waals surface area contributed by atoms with Crippen LogP contribution in [0.3, 0.4) is 0 Å². The molecule has 0 spiro atoms. The standard InChI is InChI=1S/C26H20ClNO4S2/c1-16(18-6-4-3-5-7-18)28-24(29)23(34-26(28)33)15-17-8-13-21(22(14-17)31-2)32-25(30)19-9-11-20(27)12-10-19/h3-16H,1-2H3/b23-15+/t16-/m1/s1. The first-order chi connectivity index (χ1) is 16.4. The van der Waals surface area contributed by atoms with Crippen molar-refractivity contribution in [2.75, 3.05) is 7.11 Å². The van der Waals surface area contributed by atoms with Crippen LogP contribution in [0.25, 0.3) is 6.08 Å². The highest BCUT2D eigenvalue weighted by Gasteiger charge is 2.35. The molecule has 4 rings (SSSR count). The minimum Gasteiger partial charge on any atom is -0.493 e. The number of carbonyl (C=O) groups excluding carboxylic acids is 2. The number of hydrogen-bond donors (Lipinski definition) is 0. The molecular formula is C26H20ClNO4S2. The summed E-state index contributed by atoms with van der Waals surface area (Å²) in [5, 5.41) is 0.530. The first-order valence-corrected chi connectivity index (χ1v) is 12.0. The van der Waals surface area contributed by atoms with Gasteiger partial charge in [-0.1, -0.05) is 72.0 Å². The number of esters is 1. The molecule has 5 nitrogen and oxygen atoms in total. The second-order valence-electron chi connectivity index (χ2n) is 7.45. The molecule has 172 valence electrons. The van der Waals surface area contributed by atoms with E-state index in [1.54, 1.807) is 53.4 Å². The summed E-state index contributed by atoms with van der Waals surface area (Å²) in [4.78, 5) is 27.7. The Morgan fingerprint density at radius 3 is 2.44 bits per heavy atom. The lowest BCUT2D eigenvalue weighted by atomic mass is 10.1. The van der Waals surface area contributed by atoms with E-state index in [0.29, 0.717) is 25.6 Å². The molecule has 1 heterocycles. The van der Waals surface area contributed by atoms with E-state index in [-0.39, 0.29) is 17.7 Å². The van der Waals surface area contributed by atoms with Crippen molar-refractivity contribution in [2.24, 2.45) is 0 Å². The van der Waals surface area contributed by atoms with Crippen molar-refractivity contribution in [3.8, 4) is 11.5 Å². The summed E-state index contributed by atoms with van der Waals surface area (Å²) in [5.74, 6) is -0.0453. The van der Waals surface area contributed by atoms with E-state index in [1.165, 1.54) is 18.9 Å². The van der Waals surface area contributed by atoms with Crippen molar-refractivity contribution in [3.63, 3.8) is 0 Å². The van der Waals surface area contributed by atoms with Gasteiger partial charge < -0.3 is 9.47 Å².